The van der Waals surface area contributed by atoms with E-state index < -0.39 is 0 Å². The molecule has 70 valence electrons. The van der Waals surface area contributed by atoms with Gasteiger partial charge < -0.3 is 5.73 Å². The highest BCUT2D eigenvalue weighted by atomic mass is 32.2. The highest BCUT2D eigenvalue weighted by Gasteiger charge is 2.25. The van der Waals surface area contributed by atoms with Gasteiger partial charge in [0.2, 0.25) is 5.96 Å². The van der Waals surface area contributed by atoms with E-state index in [4.69, 9.17) is 10.9 Å². The van der Waals surface area contributed by atoms with E-state index in [1.54, 1.807) is 0 Å². The van der Waals surface area contributed by atoms with Crippen LogP contribution < -0.4 is 11.2 Å². The van der Waals surface area contributed by atoms with Crippen molar-refractivity contribution >= 4 is 17.7 Å². The molecule has 2 unspecified atom stereocenters. The number of rotatable bonds is 2. The predicted molar refractivity (Wildman–Crippen MR) is 51.5 cm³/mol. The first-order valence-electron chi connectivity index (χ1n) is 4.04. The van der Waals surface area contributed by atoms with Crippen LogP contribution in [-0.4, -0.2) is 28.7 Å². The van der Waals surface area contributed by atoms with Gasteiger partial charge in [-0.25, -0.2) is 10.5 Å². The van der Waals surface area contributed by atoms with Crippen molar-refractivity contribution in [2.24, 2.45) is 10.7 Å². The average molecular weight is 189 g/mol. The van der Waals surface area contributed by atoms with Crippen LogP contribution in [-0.2, 0) is 0 Å². The molecule has 1 aliphatic carbocycles. The third kappa shape index (κ3) is 2.28. The van der Waals surface area contributed by atoms with Gasteiger partial charge in [-0.05, 0) is 19.1 Å². The van der Waals surface area contributed by atoms with Crippen LogP contribution in [0.2, 0.25) is 0 Å². The Bertz CT molecular complexity index is 174. The molecule has 0 spiro atoms. The monoisotopic (exact) mass is 189 g/mol. The van der Waals surface area contributed by atoms with E-state index in [-0.39, 0.29) is 12.0 Å². The van der Waals surface area contributed by atoms with E-state index >= 15 is 0 Å². The molecule has 5 heteroatoms. The maximum Gasteiger partial charge on any atom is 0.213 e. The zero-order valence-corrected chi connectivity index (χ0v) is 7.97. The van der Waals surface area contributed by atoms with Crippen LogP contribution in [0.4, 0.5) is 0 Å². The van der Waals surface area contributed by atoms with Crippen molar-refractivity contribution in [2.75, 3.05) is 6.26 Å². The number of hydroxylamine groups is 1. The fraction of sp³-hybridized carbons (Fsp3) is 0.857. The number of nitrogens with zero attached hydrogens (tertiary/aromatic N) is 1. The van der Waals surface area contributed by atoms with Crippen LogP contribution in [0.15, 0.2) is 4.99 Å². The normalized spacial score (nSPS) is 30.7. The number of thioether (sulfide) groups is 1. The zero-order chi connectivity index (χ0) is 8.97. The molecule has 0 aromatic rings. The molecule has 0 heterocycles. The second-order valence-electron chi connectivity index (χ2n) is 2.90. The summed E-state index contributed by atoms with van der Waals surface area (Å²) in [6.07, 6.45) is 5.57. The van der Waals surface area contributed by atoms with Gasteiger partial charge in [-0.2, -0.15) is 11.8 Å². The van der Waals surface area contributed by atoms with E-state index in [0.717, 1.165) is 6.42 Å². The lowest BCUT2D eigenvalue weighted by Crippen LogP contribution is -2.31. The summed E-state index contributed by atoms with van der Waals surface area (Å²) >= 11 is 1.82. The third-order valence-electron chi connectivity index (χ3n) is 2.14. The molecular weight excluding hydrogens is 174 g/mol. The van der Waals surface area contributed by atoms with Gasteiger partial charge in [0.25, 0.3) is 0 Å². The van der Waals surface area contributed by atoms with Gasteiger partial charge >= 0.3 is 0 Å². The van der Waals surface area contributed by atoms with Crippen molar-refractivity contribution in [2.45, 2.75) is 30.6 Å². The van der Waals surface area contributed by atoms with Crippen LogP contribution in [0.25, 0.3) is 0 Å². The molecule has 0 aromatic heterocycles. The molecular formula is C7H15N3OS. The summed E-state index contributed by atoms with van der Waals surface area (Å²) in [7, 11) is 0. The zero-order valence-electron chi connectivity index (χ0n) is 7.16. The molecule has 1 rings (SSSR count). The SMILES string of the molecule is CSC1CCCC1N=C(N)NO. The topological polar surface area (TPSA) is 70.6 Å². The number of nitrogens with one attached hydrogen (secondary N) is 1. The molecule has 4 N–H and O–H groups in total. The molecule has 12 heavy (non-hydrogen) atoms. The molecule has 0 aliphatic heterocycles. The number of hydrogen-bond donors (Lipinski definition) is 3. The Balaban J connectivity index is 2.50. The molecule has 0 bridgehead atoms. The second kappa shape index (κ2) is 4.57. The Hall–Kier alpha value is -0.420. The van der Waals surface area contributed by atoms with Crippen LogP contribution in [0, 0.1) is 0 Å². The number of guanidine groups is 1. The Morgan fingerprint density at radius 3 is 3.00 bits per heavy atom. The van der Waals surface area contributed by atoms with Gasteiger partial charge in [0.1, 0.15) is 0 Å². The molecule has 2 atom stereocenters. The highest BCUT2D eigenvalue weighted by molar-refractivity contribution is 7.99. The van der Waals surface area contributed by atoms with Gasteiger partial charge in [-0.3, -0.25) is 5.21 Å². The summed E-state index contributed by atoms with van der Waals surface area (Å²) in [5.74, 6) is 0.126. The van der Waals surface area contributed by atoms with Crippen LogP contribution in [0.3, 0.4) is 0 Å². The summed E-state index contributed by atoms with van der Waals surface area (Å²) in [5, 5.41) is 9.01. The Morgan fingerprint density at radius 2 is 2.42 bits per heavy atom. The minimum atomic E-state index is 0.126. The number of hydrogen-bond acceptors (Lipinski definition) is 3. The lowest BCUT2D eigenvalue weighted by molar-refractivity contribution is 0.232. The van der Waals surface area contributed by atoms with Crippen molar-refractivity contribution in [3.05, 3.63) is 0 Å². The molecule has 4 nitrogen and oxygen atoms in total. The Kier molecular flexibility index (Phi) is 3.68. The number of aliphatic imine (C=N–C) groups is 1. The molecule has 1 fully saturated rings. The van der Waals surface area contributed by atoms with E-state index in [2.05, 4.69) is 11.2 Å². The maximum absolute atomic E-state index is 8.44. The summed E-state index contributed by atoms with van der Waals surface area (Å²) in [5.41, 5.74) is 7.20. The Morgan fingerprint density at radius 1 is 1.67 bits per heavy atom. The first-order valence-corrected chi connectivity index (χ1v) is 5.33. The third-order valence-corrected chi connectivity index (χ3v) is 3.30. The van der Waals surface area contributed by atoms with Crippen molar-refractivity contribution in [3.8, 4) is 0 Å². The summed E-state index contributed by atoms with van der Waals surface area (Å²) in [6.45, 7) is 0. The largest absolute Gasteiger partial charge is 0.368 e. The number of nitrogens with two attached hydrogens (primary N) is 1. The minimum absolute atomic E-state index is 0.126. The highest BCUT2D eigenvalue weighted by Crippen LogP contribution is 2.30. The van der Waals surface area contributed by atoms with Gasteiger partial charge in [-0.15, -0.1) is 0 Å². The molecule has 0 amide bonds. The molecule has 0 aromatic carbocycles. The van der Waals surface area contributed by atoms with E-state index in [1.165, 1.54) is 12.8 Å². The molecule has 1 saturated carbocycles. The maximum atomic E-state index is 8.44. The minimum Gasteiger partial charge on any atom is -0.368 e. The van der Waals surface area contributed by atoms with E-state index in [0.29, 0.717) is 5.25 Å². The summed E-state index contributed by atoms with van der Waals surface area (Å²) < 4.78 is 0. The molecule has 0 radical (unpaired) electrons. The van der Waals surface area contributed by atoms with Gasteiger partial charge in [0.15, 0.2) is 0 Å². The summed E-state index contributed by atoms with van der Waals surface area (Å²) in [4.78, 5) is 4.16. The van der Waals surface area contributed by atoms with Gasteiger partial charge in [0, 0.05) is 5.25 Å². The van der Waals surface area contributed by atoms with E-state index in [9.17, 15) is 0 Å². The standard InChI is InChI=1S/C7H15N3OS/c1-12-6-4-2-3-5(6)9-7(8)10-11/h5-6,11H,2-4H2,1H3,(H3,8,9,10). The van der Waals surface area contributed by atoms with Crippen LogP contribution in [0.1, 0.15) is 19.3 Å². The average Bonchev–Trinajstić information content (AvgIpc) is 2.51. The van der Waals surface area contributed by atoms with Crippen molar-refractivity contribution in [1.82, 2.24) is 5.48 Å². The Labute approximate surface area is 76.6 Å². The quantitative estimate of drug-likeness (QED) is 0.337. The lowest BCUT2D eigenvalue weighted by atomic mass is 10.3. The molecule has 1 aliphatic rings. The first-order chi connectivity index (χ1) is 5.77. The molecule has 0 saturated heterocycles. The van der Waals surface area contributed by atoms with Gasteiger partial charge in [0.05, 0.1) is 6.04 Å². The van der Waals surface area contributed by atoms with Crippen molar-refractivity contribution in [3.63, 3.8) is 0 Å². The van der Waals surface area contributed by atoms with Crippen LogP contribution >= 0.6 is 11.8 Å². The smallest absolute Gasteiger partial charge is 0.213 e. The fourth-order valence-corrected chi connectivity index (χ4v) is 2.45. The second-order valence-corrected chi connectivity index (χ2v) is 3.98. The first kappa shape index (κ1) is 9.67. The van der Waals surface area contributed by atoms with Crippen molar-refractivity contribution in [1.29, 1.82) is 0 Å². The van der Waals surface area contributed by atoms with Crippen molar-refractivity contribution < 1.29 is 5.21 Å². The fourth-order valence-electron chi connectivity index (χ4n) is 1.54. The van der Waals surface area contributed by atoms with Gasteiger partial charge in [-0.1, -0.05) is 6.42 Å². The lowest BCUT2D eigenvalue weighted by Gasteiger charge is -2.12. The summed E-state index contributed by atoms with van der Waals surface area (Å²) in [6, 6.07) is 0.277. The van der Waals surface area contributed by atoms with E-state index in [1.807, 2.05) is 17.2 Å². The van der Waals surface area contributed by atoms with Crippen LogP contribution in [0.5, 0.6) is 0 Å². The predicted octanol–water partition coefficient (Wildman–Crippen LogP) is 0.564.